The molecule has 142 valence electrons. The zero-order valence-electron chi connectivity index (χ0n) is 15.5. The van der Waals surface area contributed by atoms with Crippen molar-refractivity contribution in [1.29, 1.82) is 0 Å². The van der Waals surface area contributed by atoms with Gasteiger partial charge in [-0.1, -0.05) is 41.9 Å². The minimum Gasteiger partial charge on any atom is -0.467 e. The van der Waals surface area contributed by atoms with E-state index in [-0.39, 0.29) is 11.9 Å². The molecule has 0 unspecified atom stereocenters. The number of hydrogen-bond acceptors (Lipinski definition) is 4. The summed E-state index contributed by atoms with van der Waals surface area (Å²) in [5.74, 6) is 0.0224. The van der Waals surface area contributed by atoms with Crippen molar-refractivity contribution in [2.45, 2.75) is 18.9 Å². The van der Waals surface area contributed by atoms with Crippen LogP contribution in [0.3, 0.4) is 0 Å². The number of amides is 1. The zero-order chi connectivity index (χ0) is 19.5. The smallest absolute Gasteiger partial charge is 0.316 e. The second-order valence-corrected chi connectivity index (χ2v) is 7.09. The van der Waals surface area contributed by atoms with E-state index in [1.807, 2.05) is 59.5 Å². The Hall–Kier alpha value is -2.92. The van der Waals surface area contributed by atoms with Gasteiger partial charge < -0.3 is 9.64 Å². The number of nitrogens with zero attached hydrogens (tertiary/aromatic N) is 3. The van der Waals surface area contributed by atoms with Crippen molar-refractivity contribution >= 4 is 17.5 Å². The predicted molar refractivity (Wildman–Crippen MR) is 108 cm³/mol. The lowest BCUT2D eigenvalue weighted by atomic mass is 10.0. The molecule has 0 saturated carbocycles. The molecule has 1 fully saturated rings. The molecule has 2 aromatic carbocycles. The molecule has 1 aliphatic heterocycles. The molecule has 2 heterocycles. The fourth-order valence-electron chi connectivity index (χ4n) is 3.63. The summed E-state index contributed by atoms with van der Waals surface area (Å²) >= 11 is 6.37. The van der Waals surface area contributed by atoms with E-state index in [9.17, 15) is 4.79 Å². The Bertz CT molecular complexity index is 991. The maximum absolute atomic E-state index is 13.1. The number of halogens is 1. The summed E-state index contributed by atoms with van der Waals surface area (Å²) in [5, 5.41) is 0.709. The molecule has 0 bridgehead atoms. The Morgan fingerprint density at radius 1 is 1.14 bits per heavy atom. The molecule has 1 amide bonds. The summed E-state index contributed by atoms with van der Waals surface area (Å²) in [5.41, 5.74) is 3.32. The van der Waals surface area contributed by atoms with Gasteiger partial charge in [0.15, 0.2) is 0 Å². The maximum atomic E-state index is 13.1. The van der Waals surface area contributed by atoms with E-state index >= 15 is 0 Å². The molecule has 6 heteroatoms. The highest BCUT2D eigenvalue weighted by Crippen LogP contribution is 2.36. The van der Waals surface area contributed by atoms with Crippen LogP contribution in [0.2, 0.25) is 5.02 Å². The number of benzene rings is 2. The molecule has 0 radical (unpaired) electrons. The minimum absolute atomic E-state index is 0.0204. The third-order valence-corrected chi connectivity index (χ3v) is 5.37. The van der Waals surface area contributed by atoms with Gasteiger partial charge in [-0.15, -0.1) is 0 Å². The first-order valence-corrected chi connectivity index (χ1v) is 9.58. The SMILES string of the molecule is COc1nccc(-c2ccc(C(=O)N3CCC[C@@H]3c3ccccc3Cl)cc2)n1. The van der Waals surface area contributed by atoms with Crippen LogP contribution in [0.15, 0.2) is 60.8 Å². The molecule has 1 saturated heterocycles. The van der Waals surface area contributed by atoms with Crippen LogP contribution in [0.25, 0.3) is 11.3 Å². The zero-order valence-corrected chi connectivity index (χ0v) is 16.3. The number of rotatable bonds is 4. The van der Waals surface area contributed by atoms with E-state index in [4.69, 9.17) is 16.3 Å². The van der Waals surface area contributed by atoms with Crippen LogP contribution in [-0.2, 0) is 0 Å². The van der Waals surface area contributed by atoms with Crippen LogP contribution in [0.4, 0.5) is 0 Å². The minimum atomic E-state index is 0.0204. The normalized spacial score (nSPS) is 16.2. The first-order valence-electron chi connectivity index (χ1n) is 9.20. The van der Waals surface area contributed by atoms with Gasteiger partial charge in [0.1, 0.15) is 0 Å². The van der Waals surface area contributed by atoms with Crippen molar-refractivity contribution in [2.75, 3.05) is 13.7 Å². The monoisotopic (exact) mass is 393 g/mol. The van der Waals surface area contributed by atoms with Crippen molar-refractivity contribution in [3.05, 3.63) is 76.9 Å². The molecule has 3 aromatic rings. The van der Waals surface area contributed by atoms with Gasteiger partial charge in [-0.25, -0.2) is 4.98 Å². The van der Waals surface area contributed by atoms with Gasteiger partial charge in [-0.2, -0.15) is 4.98 Å². The molecule has 4 rings (SSSR count). The van der Waals surface area contributed by atoms with Crippen LogP contribution >= 0.6 is 11.6 Å². The predicted octanol–water partition coefficient (Wildman–Crippen LogP) is 4.78. The average molecular weight is 394 g/mol. The standard InChI is InChI=1S/C22H20ClN3O2/c1-28-22-24-13-12-19(25-22)15-8-10-16(11-9-15)21(27)26-14-4-7-20(26)17-5-2-3-6-18(17)23/h2-3,5-6,8-13,20H,4,7,14H2,1H3/t20-/m1/s1. The van der Waals surface area contributed by atoms with Gasteiger partial charge in [-0.05, 0) is 42.7 Å². The molecule has 0 spiro atoms. The molecule has 1 aliphatic rings. The van der Waals surface area contributed by atoms with Crippen molar-refractivity contribution in [3.63, 3.8) is 0 Å². The Morgan fingerprint density at radius 3 is 2.68 bits per heavy atom. The lowest BCUT2D eigenvalue weighted by Gasteiger charge is -2.26. The average Bonchev–Trinajstić information content (AvgIpc) is 3.23. The van der Waals surface area contributed by atoms with Crippen LogP contribution in [0.1, 0.15) is 34.8 Å². The van der Waals surface area contributed by atoms with Crippen molar-refractivity contribution in [1.82, 2.24) is 14.9 Å². The number of aromatic nitrogens is 2. The van der Waals surface area contributed by atoms with Gasteiger partial charge in [0.2, 0.25) is 0 Å². The maximum Gasteiger partial charge on any atom is 0.316 e. The molecule has 1 atom stereocenters. The Morgan fingerprint density at radius 2 is 1.93 bits per heavy atom. The van der Waals surface area contributed by atoms with Crippen molar-refractivity contribution < 1.29 is 9.53 Å². The fraction of sp³-hybridized carbons (Fsp3) is 0.227. The van der Waals surface area contributed by atoms with E-state index in [0.29, 0.717) is 16.6 Å². The van der Waals surface area contributed by atoms with Crippen LogP contribution in [0, 0.1) is 0 Å². The molecular formula is C22H20ClN3O2. The fourth-order valence-corrected chi connectivity index (χ4v) is 3.89. The highest BCUT2D eigenvalue weighted by atomic mass is 35.5. The van der Waals surface area contributed by atoms with Gasteiger partial charge in [0, 0.05) is 28.9 Å². The van der Waals surface area contributed by atoms with Gasteiger partial charge in [-0.3, -0.25) is 4.79 Å². The van der Waals surface area contributed by atoms with Crippen LogP contribution < -0.4 is 4.74 Å². The van der Waals surface area contributed by atoms with Crippen molar-refractivity contribution in [2.24, 2.45) is 0 Å². The highest BCUT2D eigenvalue weighted by molar-refractivity contribution is 6.31. The highest BCUT2D eigenvalue weighted by Gasteiger charge is 2.31. The third kappa shape index (κ3) is 3.58. The second-order valence-electron chi connectivity index (χ2n) is 6.68. The van der Waals surface area contributed by atoms with Gasteiger partial charge >= 0.3 is 6.01 Å². The Kier molecular flexibility index (Phi) is 5.26. The summed E-state index contributed by atoms with van der Waals surface area (Å²) in [7, 11) is 1.53. The molecule has 0 N–H and O–H groups in total. The number of carbonyl (C=O) groups excluding carboxylic acids is 1. The van der Waals surface area contributed by atoms with E-state index in [1.54, 1.807) is 6.20 Å². The lowest BCUT2D eigenvalue weighted by molar-refractivity contribution is 0.0736. The molecule has 5 nitrogen and oxygen atoms in total. The van der Waals surface area contributed by atoms with Crippen molar-refractivity contribution in [3.8, 4) is 17.3 Å². The van der Waals surface area contributed by atoms with E-state index in [0.717, 1.165) is 36.2 Å². The van der Waals surface area contributed by atoms with E-state index in [2.05, 4.69) is 9.97 Å². The number of ether oxygens (including phenoxy) is 1. The number of likely N-dealkylation sites (tertiary alicyclic amines) is 1. The van der Waals surface area contributed by atoms with Crippen LogP contribution in [-0.4, -0.2) is 34.4 Å². The summed E-state index contributed by atoms with van der Waals surface area (Å²) in [4.78, 5) is 23.4. The van der Waals surface area contributed by atoms with E-state index < -0.39 is 0 Å². The third-order valence-electron chi connectivity index (χ3n) is 5.02. The largest absolute Gasteiger partial charge is 0.467 e. The summed E-state index contributed by atoms with van der Waals surface area (Å²) < 4.78 is 5.08. The second kappa shape index (κ2) is 7.98. The topological polar surface area (TPSA) is 55.3 Å². The van der Waals surface area contributed by atoms with Gasteiger partial charge in [0.25, 0.3) is 5.91 Å². The summed E-state index contributed by atoms with van der Waals surface area (Å²) in [6.45, 7) is 0.736. The van der Waals surface area contributed by atoms with E-state index in [1.165, 1.54) is 7.11 Å². The molecule has 1 aromatic heterocycles. The molecular weight excluding hydrogens is 374 g/mol. The molecule has 28 heavy (non-hydrogen) atoms. The first kappa shape index (κ1) is 18.4. The Labute approximate surface area is 169 Å². The number of hydrogen-bond donors (Lipinski definition) is 0. The summed E-state index contributed by atoms with van der Waals surface area (Å²) in [6, 6.07) is 17.4. The summed E-state index contributed by atoms with van der Waals surface area (Å²) in [6.07, 6.45) is 3.55. The Balaban J connectivity index is 1.57. The lowest BCUT2D eigenvalue weighted by Crippen LogP contribution is -2.30. The van der Waals surface area contributed by atoms with Crippen LogP contribution in [0.5, 0.6) is 6.01 Å². The van der Waals surface area contributed by atoms with Gasteiger partial charge in [0.05, 0.1) is 18.8 Å². The first-order chi connectivity index (χ1) is 13.7. The molecule has 0 aliphatic carbocycles. The number of carbonyl (C=O) groups is 1. The quantitative estimate of drug-likeness (QED) is 0.639. The number of methoxy groups -OCH3 is 1.